The van der Waals surface area contributed by atoms with E-state index in [1.165, 1.54) is 0 Å². The standard InChI is InChI=1S/C28H33Cl2NO7/c29-18-8-4-15(5-9-18)22(33)13-20-26(35)23(38-24(14-32)27(20)36)12-17-2-1-3-21(25(17)34)31-28(37)16-6-10-19(30)11-7-16/h4-11,17,20-21,23-27,32,34-36H,1-3,12-14H2,(H,31,37)/t17-,20+,21?,23-,24?,25?,26?,27+/m0/s1. The molecule has 38 heavy (non-hydrogen) atoms. The van der Waals surface area contributed by atoms with Crippen LogP contribution in [0.3, 0.4) is 0 Å². The third-order valence-electron chi connectivity index (χ3n) is 7.70. The highest BCUT2D eigenvalue weighted by Gasteiger charge is 2.46. The predicted octanol–water partition coefficient (Wildman–Crippen LogP) is 3.01. The number of halogens is 2. The Morgan fingerprint density at radius 1 is 0.842 bits per heavy atom. The van der Waals surface area contributed by atoms with E-state index in [-0.39, 0.29) is 30.4 Å². The van der Waals surface area contributed by atoms with Crippen molar-refractivity contribution in [2.45, 2.75) is 68.7 Å². The number of ether oxygens (including phenoxy) is 1. The number of rotatable bonds is 8. The number of carbonyl (C=O) groups is 2. The van der Waals surface area contributed by atoms with Crippen molar-refractivity contribution in [2.24, 2.45) is 11.8 Å². The highest BCUT2D eigenvalue weighted by Crippen LogP contribution is 2.36. The van der Waals surface area contributed by atoms with Crippen LogP contribution in [-0.2, 0) is 4.74 Å². The minimum atomic E-state index is -1.25. The maximum atomic E-state index is 12.9. The normalized spacial score (nSPS) is 31.5. The van der Waals surface area contributed by atoms with Gasteiger partial charge in [0.05, 0.1) is 37.1 Å². The van der Waals surface area contributed by atoms with Gasteiger partial charge in [0.1, 0.15) is 6.10 Å². The van der Waals surface area contributed by atoms with Gasteiger partial charge in [0.25, 0.3) is 5.91 Å². The van der Waals surface area contributed by atoms with E-state index in [1.807, 2.05) is 0 Å². The van der Waals surface area contributed by atoms with E-state index < -0.39 is 49.1 Å². The molecule has 2 fully saturated rings. The molecule has 1 aliphatic heterocycles. The summed E-state index contributed by atoms with van der Waals surface area (Å²) in [5, 5.41) is 46.7. The molecule has 206 valence electrons. The molecule has 0 bridgehead atoms. The molecule has 0 aromatic heterocycles. The van der Waals surface area contributed by atoms with Crippen LogP contribution in [0.15, 0.2) is 48.5 Å². The first-order valence-corrected chi connectivity index (χ1v) is 13.6. The van der Waals surface area contributed by atoms with Crippen molar-refractivity contribution >= 4 is 34.9 Å². The van der Waals surface area contributed by atoms with Crippen LogP contribution in [-0.4, -0.2) is 75.3 Å². The third-order valence-corrected chi connectivity index (χ3v) is 8.20. The van der Waals surface area contributed by atoms with Crippen LogP contribution >= 0.6 is 23.2 Å². The molecule has 5 N–H and O–H groups in total. The smallest absolute Gasteiger partial charge is 0.251 e. The second-order valence-electron chi connectivity index (χ2n) is 10.2. The molecule has 0 spiro atoms. The van der Waals surface area contributed by atoms with Crippen molar-refractivity contribution in [2.75, 3.05) is 6.61 Å². The highest BCUT2D eigenvalue weighted by molar-refractivity contribution is 6.31. The molecule has 1 aliphatic carbocycles. The number of amides is 1. The Bertz CT molecular complexity index is 1100. The Balaban J connectivity index is 1.42. The number of aliphatic hydroxyl groups excluding tert-OH is 4. The summed E-state index contributed by atoms with van der Waals surface area (Å²) < 4.78 is 5.85. The lowest BCUT2D eigenvalue weighted by atomic mass is 9.75. The van der Waals surface area contributed by atoms with Crippen LogP contribution < -0.4 is 5.32 Å². The van der Waals surface area contributed by atoms with Crippen molar-refractivity contribution in [1.29, 1.82) is 0 Å². The summed E-state index contributed by atoms with van der Waals surface area (Å²) in [5.74, 6) is -1.76. The lowest BCUT2D eigenvalue weighted by molar-refractivity contribution is -0.214. The van der Waals surface area contributed by atoms with Gasteiger partial charge >= 0.3 is 0 Å². The maximum Gasteiger partial charge on any atom is 0.251 e. The van der Waals surface area contributed by atoms with Gasteiger partial charge in [-0.3, -0.25) is 9.59 Å². The molecular weight excluding hydrogens is 533 g/mol. The predicted molar refractivity (Wildman–Crippen MR) is 142 cm³/mol. The molecular formula is C28H33Cl2NO7. The van der Waals surface area contributed by atoms with E-state index in [1.54, 1.807) is 48.5 Å². The van der Waals surface area contributed by atoms with Gasteiger partial charge in [-0.25, -0.2) is 0 Å². The third kappa shape index (κ3) is 6.74. The van der Waals surface area contributed by atoms with Crippen molar-refractivity contribution in [3.8, 4) is 0 Å². The summed E-state index contributed by atoms with van der Waals surface area (Å²) in [6.45, 7) is -0.483. The summed E-state index contributed by atoms with van der Waals surface area (Å²) in [7, 11) is 0. The fourth-order valence-corrected chi connectivity index (χ4v) is 5.78. The number of aliphatic hydroxyl groups is 4. The molecule has 10 heteroatoms. The van der Waals surface area contributed by atoms with Crippen molar-refractivity contribution in [3.05, 3.63) is 69.7 Å². The van der Waals surface area contributed by atoms with Gasteiger partial charge < -0.3 is 30.5 Å². The number of benzene rings is 2. The molecule has 8 nitrogen and oxygen atoms in total. The van der Waals surface area contributed by atoms with Crippen LogP contribution in [0, 0.1) is 11.8 Å². The average Bonchev–Trinajstić information content (AvgIpc) is 2.91. The molecule has 4 unspecified atom stereocenters. The van der Waals surface area contributed by atoms with E-state index in [9.17, 15) is 30.0 Å². The van der Waals surface area contributed by atoms with Crippen molar-refractivity contribution in [3.63, 3.8) is 0 Å². The van der Waals surface area contributed by atoms with Crippen LogP contribution in [0.4, 0.5) is 0 Å². The Morgan fingerprint density at radius 3 is 2.03 bits per heavy atom. The molecule has 1 heterocycles. The molecule has 8 atom stereocenters. The van der Waals surface area contributed by atoms with E-state index in [4.69, 9.17) is 27.9 Å². The monoisotopic (exact) mass is 565 g/mol. The summed E-state index contributed by atoms with van der Waals surface area (Å²) >= 11 is 11.8. The van der Waals surface area contributed by atoms with E-state index in [0.717, 1.165) is 6.42 Å². The minimum absolute atomic E-state index is 0.146. The van der Waals surface area contributed by atoms with Crippen LogP contribution in [0.5, 0.6) is 0 Å². The number of ketones is 1. The zero-order valence-corrected chi connectivity index (χ0v) is 22.3. The Kier molecular flexibility index (Phi) is 9.81. The van der Waals surface area contributed by atoms with E-state index in [0.29, 0.717) is 34.0 Å². The summed E-state index contributed by atoms with van der Waals surface area (Å²) in [5.41, 5.74) is 0.835. The topological polar surface area (TPSA) is 136 Å². The zero-order valence-electron chi connectivity index (χ0n) is 20.7. The lowest BCUT2D eigenvalue weighted by Gasteiger charge is -2.45. The first-order chi connectivity index (χ1) is 18.2. The first-order valence-electron chi connectivity index (χ1n) is 12.8. The number of carbonyl (C=O) groups excluding carboxylic acids is 2. The first kappa shape index (κ1) is 29.0. The molecule has 2 aromatic carbocycles. The van der Waals surface area contributed by atoms with Gasteiger partial charge in [-0.15, -0.1) is 0 Å². The minimum Gasteiger partial charge on any atom is -0.394 e. The fourth-order valence-electron chi connectivity index (χ4n) is 5.53. The molecule has 1 amide bonds. The largest absolute Gasteiger partial charge is 0.394 e. The van der Waals surface area contributed by atoms with Gasteiger partial charge in [-0.05, 0) is 73.7 Å². The molecule has 4 rings (SSSR count). The molecule has 0 radical (unpaired) electrons. The number of nitrogens with one attached hydrogen (secondary N) is 1. The van der Waals surface area contributed by atoms with E-state index in [2.05, 4.69) is 5.32 Å². The SMILES string of the molecule is O=C(C[C@@H]1C(O)[C@H](C[C@@H]2CCCC(NC(=O)c3ccc(Cl)cc3)C2O)OC(CO)[C@@H]1O)c1ccc(Cl)cc1. The fraction of sp³-hybridized carbons (Fsp3) is 0.500. The summed E-state index contributed by atoms with van der Waals surface area (Å²) in [4.78, 5) is 25.6. The number of hydrogen-bond acceptors (Lipinski definition) is 7. The van der Waals surface area contributed by atoms with Gasteiger partial charge in [-0.2, -0.15) is 0 Å². The molecule has 1 saturated carbocycles. The second-order valence-corrected chi connectivity index (χ2v) is 11.1. The maximum absolute atomic E-state index is 12.9. The number of Topliss-reactive ketones (excluding diaryl/α,β-unsaturated/α-hetero) is 1. The van der Waals surface area contributed by atoms with Crippen molar-refractivity contribution in [1.82, 2.24) is 5.32 Å². The van der Waals surface area contributed by atoms with Gasteiger partial charge in [0, 0.05) is 33.5 Å². The van der Waals surface area contributed by atoms with E-state index >= 15 is 0 Å². The molecule has 2 aromatic rings. The Labute approximate surface area is 231 Å². The summed E-state index contributed by atoms with van der Waals surface area (Å²) in [6, 6.07) is 12.3. The van der Waals surface area contributed by atoms with Crippen LogP contribution in [0.1, 0.15) is 52.8 Å². The van der Waals surface area contributed by atoms with Crippen LogP contribution in [0.25, 0.3) is 0 Å². The second kappa shape index (κ2) is 12.9. The number of hydrogen-bond donors (Lipinski definition) is 5. The highest BCUT2D eigenvalue weighted by atomic mass is 35.5. The van der Waals surface area contributed by atoms with Gasteiger partial charge in [-0.1, -0.05) is 29.6 Å². The zero-order chi connectivity index (χ0) is 27.4. The Morgan fingerprint density at radius 2 is 1.42 bits per heavy atom. The van der Waals surface area contributed by atoms with Gasteiger partial charge in [0.2, 0.25) is 0 Å². The van der Waals surface area contributed by atoms with Crippen LogP contribution in [0.2, 0.25) is 10.0 Å². The quantitative estimate of drug-likeness (QED) is 0.310. The Hall–Kier alpha value is -2.04. The van der Waals surface area contributed by atoms with Gasteiger partial charge in [0.15, 0.2) is 5.78 Å². The average molecular weight is 566 g/mol. The van der Waals surface area contributed by atoms with Crippen molar-refractivity contribution < 1.29 is 34.8 Å². The molecule has 1 saturated heterocycles. The summed E-state index contributed by atoms with van der Waals surface area (Å²) in [6.07, 6.45) is -3.02. The lowest BCUT2D eigenvalue weighted by Crippen LogP contribution is -2.57. The molecule has 2 aliphatic rings.